The fourth-order valence-corrected chi connectivity index (χ4v) is 12.7. The maximum Gasteiger partial charge on any atom is 0.164 e. The molecule has 12 heteroatoms. The molecule has 0 aliphatic heterocycles. The smallest absolute Gasteiger partial charge is 0.164 e. The lowest BCUT2D eigenvalue weighted by atomic mass is 10.0. The Morgan fingerprint density at radius 1 is 0.204 bits per heavy atom. The van der Waals surface area contributed by atoms with Gasteiger partial charge in [-0.1, -0.05) is 261 Å². The van der Waals surface area contributed by atoms with E-state index in [9.17, 15) is 0 Å². The first-order valence-corrected chi connectivity index (χ1v) is 32.2. The summed E-state index contributed by atoms with van der Waals surface area (Å²) in [7, 11) is 0. The number of fused-ring (bicyclic) bond motifs is 10. The molecule has 12 nitrogen and oxygen atoms in total. The van der Waals surface area contributed by atoms with Crippen LogP contribution in [0, 0.1) is 0 Å². The molecule has 0 unspecified atom stereocenters. The third-order valence-electron chi connectivity index (χ3n) is 17.8. The number of nitrogens with zero attached hydrogens (tertiary/aromatic N) is 10. The van der Waals surface area contributed by atoms with Crippen LogP contribution in [-0.4, -0.2) is 49.8 Å². The third-order valence-corrected chi connectivity index (χ3v) is 17.8. The molecule has 0 saturated heterocycles. The topological polar surface area (TPSA) is 155 Å². The Hall–Kier alpha value is -13.6. The van der Waals surface area contributed by atoms with Crippen molar-refractivity contribution >= 4 is 76.8 Å². The fraction of sp³-hybridized carbons (Fsp3) is 0. The number of hydrogen-bond donors (Lipinski definition) is 0. The minimum absolute atomic E-state index is 0.606. The van der Waals surface area contributed by atoms with Gasteiger partial charge in [0.25, 0.3) is 0 Å². The first-order chi connectivity index (χ1) is 48.5. The molecule has 0 aliphatic carbocycles. The quantitative estimate of drug-likeness (QED) is 0.120. The lowest BCUT2D eigenvalue weighted by Gasteiger charge is -2.10. The Balaban J connectivity index is 0.000000143. The SMILES string of the molecule is c1ccc(-c2ccc(-c3nc(-c4ccccc4)nc(-c4ccc(-c5cc6c(cn5)oc5c7ccccc7ncc65)cc4)n3)cc2)cc1.c1ccc(-c2ccc(-c3nc(-c4ccccc4)nc(-c4ccc(-c5cccc6nc7cc8oc9ccccc9c8cc7nc56)cc4)n3)cc2)cc1. The molecular weight excluding hydrogens is 1210 g/mol. The average Bonchev–Trinajstić information content (AvgIpc) is 1.04. The molecule has 19 aromatic rings. The zero-order chi connectivity index (χ0) is 64.9. The van der Waals surface area contributed by atoms with Crippen LogP contribution in [-0.2, 0) is 0 Å². The van der Waals surface area contributed by atoms with E-state index in [1.807, 2.05) is 164 Å². The van der Waals surface area contributed by atoms with Crippen molar-refractivity contribution in [2.75, 3.05) is 0 Å². The summed E-state index contributed by atoms with van der Waals surface area (Å²) in [5, 5.41) is 5.06. The van der Waals surface area contributed by atoms with E-state index in [0.717, 1.165) is 144 Å². The molecule has 98 heavy (non-hydrogen) atoms. The lowest BCUT2D eigenvalue weighted by Crippen LogP contribution is -2.00. The number of rotatable bonds is 10. The Morgan fingerprint density at radius 3 is 1.15 bits per heavy atom. The van der Waals surface area contributed by atoms with Crippen LogP contribution in [0.25, 0.3) is 190 Å². The van der Waals surface area contributed by atoms with E-state index in [1.54, 1.807) is 6.20 Å². The van der Waals surface area contributed by atoms with E-state index in [2.05, 4.69) is 151 Å². The van der Waals surface area contributed by atoms with Gasteiger partial charge in [0.15, 0.2) is 40.5 Å². The summed E-state index contributed by atoms with van der Waals surface area (Å²) in [6.07, 6.45) is 3.68. The van der Waals surface area contributed by atoms with Crippen molar-refractivity contribution < 1.29 is 8.83 Å². The van der Waals surface area contributed by atoms with Crippen molar-refractivity contribution in [2.45, 2.75) is 0 Å². The summed E-state index contributed by atoms with van der Waals surface area (Å²) in [6.45, 7) is 0. The summed E-state index contributed by atoms with van der Waals surface area (Å²) >= 11 is 0. The highest BCUT2D eigenvalue weighted by molar-refractivity contribution is 6.14. The van der Waals surface area contributed by atoms with Gasteiger partial charge in [-0.05, 0) is 64.2 Å². The zero-order valence-electron chi connectivity index (χ0n) is 52.3. The second-order valence-electron chi connectivity index (χ2n) is 23.9. The molecule has 0 atom stereocenters. The number of benzene rings is 12. The number of hydrogen-bond acceptors (Lipinski definition) is 12. The summed E-state index contributed by atoms with van der Waals surface area (Å²) < 4.78 is 12.4. The normalized spacial score (nSPS) is 11.5. The maximum atomic E-state index is 6.23. The number of pyridine rings is 2. The van der Waals surface area contributed by atoms with E-state index < -0.39 is 0 Å². The van der Waals surface area contributed by atoms with Crippen LogP contribution in [0.4, 0.5) is 0 Å². The molecule has 458 valence electrons. The molecule has 12 aromatic carbocycles. The van der Waals surface area contributed by atoms with Gasteiger partial charge in [-0.15, -0.1) is 0 Å². The van der Waals surface area contributed by atoms with Gasteiger partial charge in [-0.2, -0.15) is 0 Å². The van der Waals surface area contributed by atoms with Crippen molar-refractivity contribution in [1.29, 1.82) is 0 Å². The molecule has 0 N–H and O–H groups in total. The average molecular weight is 1260 g/mol. The van der Waals surface area contributed by atoms with Crippen LogP contribution in [0.5, 0.6) is 0 Å². The minimum atomic E-state index is 0.606. The van der Waals surface area contributed by atoms with Crippen LogP contribution in [0.2, 0.25) is 0 Å². The summed E-state index contributed by atoms with van der Waals surface area (Å²) in [6, 6.07) is 102. The van der Waals surface area contributed by atoms with Gasteiger partial charge in [0.2, 0.25) is 0 Å². The van der Waals surface area contributed by atoms with E-state index in [4.69, 9.17) is 53.7 Å². The van der Waals surface area contributed by atoms with Crippen molar-refractivity contribution in [1.82, 2.24) is 49.8 Å². The number of furan rings is 2. The molecular formula is C86H52N10O2. The van der Waals surface area contributed by atoms with Crippen molar-refractivity contribution in [3.05, 3.63) is 316 Å². The first-order valence-electron chi connectivity index (χ1n) is 32.2. The predicted octanol–water partition coefficient (Wildman–Crippen LogP) is 21.3. The standard InChI is InChI=1S/C45H27N5O.C41H25N5O/c1-3-10-28(11-4-1)29-18-22-32(23-19-29)44-48-43(31-12-5-2-6-13-31)49-45(50-44)33-24-20-30(21-25-33)34-15-9-16-37-42(34)47-38-26-36-35-14-7-8-17-40(35)51-41(36)27-39(38)46-37;1-3-9-26(10-4-1)27-15-19-30(20-16-27)40-44-39(29-11-5-2-6-12-29)45-41(46-40)31-21-17-28(18-22-31)36-23-33-34-24-42-35-14-8-7-13-32(35)38(34)47-37(33)25-43-36/h1-27H;1-25H. The van der Waals surface area contributed by atoms with Crippen LogP contribution in [0.1, 0.15) is 0 Å². The molecule has 0 fully saturated rings. The van der Waals surface area contributed by atoms with Gasteiger partial charge in [-0.3, -0.25) is 9.97 Å². The predicted molar refractivity (Wildman–Crippen MR) is 392 cm³/mol. The fourth-order valence-electron chi connectivity index (χ4n) is 12.7. The van der Waals surface area contributed by atoms with Gasteiger partial charge in [-0.25, -0.2) is 39.9 Å². The van der Waals surface area contributed by atoms with Gasteiger partial charge < -0.3 is 8.83 Å². The monoisotopic (exact) mass is 1260 g/mol. The molecule has 0 aliphatic rings. The summed E-state index contributed by atoms with van der Waals surface area (Å²) in [5.41, 5.74) is 21.4. The van der Waals surface area contributed by atoms with E-state index >= 15 is 0 Å². The van der Waals surface area contributed by atoms with Crippen LogP contribution >= 0.6 is 0 Å². The second-order valence-corrected chi connectivity index (χ2v) is 23.9. The van der Waals surface area contributed by atoms with E-state index in [-0.39, 0.29) is 0 Å². The highest BCUT2D eigenvalue weighted by Gasteiger charge is 2.19. The molecule has 7 heterocycles. The zero-order valence-corrected chi connectivity index (χ0v) is 52.3. The molecule has 19 rings (SSSR count). The molecule has 0 amide bonds. The first kappa shape index (κ1) is 57.1. The van der Waals surface area contributed by atoms with Crippen molar-refractivity contribution in [3.63, 3.8) is 0 Å². The molecule has 0 radical (unpaired) electrons. The van der Waals surface area contributed by atoms with Crippen molar-refractivity contribution in [2.24, 2.45) is 0 Å². The molecule has 7 aromatic heterocycles. The van der Waals surface area contributed by atoms with Gasteiger partial charge in [0.1, 0.15) is 16.7 Å². The van der Waals surface area contributed by atoms with Gasteiger partial charge >= 0.3 is 0 Å². The maximum absolute atomic E-state index is 6.23. The summed E-state index contributed by atoms with van der Waals surface area (Å²) in [5.74, 6) is 3.72. The largest absolute Gasteiger partial charge is 0.456 e. The number of aromatic nitrogens is 10. The molecule has 0 bridgehead atoms. The minimum Gasteiger partial charge on any atom is -0.456 e. The number of para-hydroxylation sites is 3. The van der Waals surface area contributed by atoms with Crippen LogP contribution in [0.15, 0.2) is 325 Å². The van der Waals surface area contributed by atoms with Gasteiger partial charge in [0.05, 0.1) is 39.5 Å². The lowest BCUT2D eigenvalue weighted by molar-refractivity contribution is 0.669. The van der Waals surface area contributed by atoms with Crippen LogP contribution < -0.4 is 0 Å². The molecule has 0 saturated carbocycles. The van der Waals surface area contributed by atoms with Crippen molar-refractivity contribution in [3.8, 4) is 113 Å². The Bertz CT molecular complexity index is 6190. The summed E-state index contributed by atoms with van der Waals surface area (Å²) in [4.78, 5) is 49.1. The van der Waals surface area contributed by atoms with E-state index in [0.29, 0.717) is 34.9 Å². The highest BCUT2D eigenvalue weighted by Crippen LogP contribution is 2.38. The van der Waals surface area contributed by atoms with Crippen LogP contribution in [0.3, 0.4) is 0 Å². The molecule has 0 spiro atoms. The van der Waals surface area contributed by atoms with E-state index in [1.165, 1.54) is 11.1 Å². The third kappa shape index (κ3) is 10.8. The Kier molecular flexibility index (Phi) is 14.2. The second kappa shape index (κ2) is 24.4. The highest BCUT2D eigenvalue weighted by atomic mass is 16.3. The van der Waals surface area contributed by atoms with Gasteiger partial charge in [0, 0.05) is 83.7 Å². The Morgan fingerprint density at radius 2 is 0.612 bits per heavy atom. The Labute approximate surface area is 561 Å².